The maximum Gasteiger partial charge on any atom is 0.297 e. The number of aromatic nitrogens is 4. The summed E-state index contributed by atoms with van der Waals surface area (Å²) in [5.74, 6) is -0.0644. The Morgan fingerprint density at radius 2 is 1.77 bits per heavy atom. The Hall–Kier alpha value is -3.31. The molecule has 3 fully saturated rings. The lowest BCUT2D eigenvalue weighted by Crippen LogP contribution is -2.47. The van der Waals surface area contributed by atoms with Gasteiger partial charge >= 0.3 is 0 Å². The summed E-state index contributed by atoms with van der Waals surface area (Å²) in [6, 6.07) is 5.36. The zero-order valence-corrected chi connectivity index (χ0v) is 22.8. The van der Waals surface area contributed by atoms with Crippen molar-refractivity contribution in [3.63, 3.8) is 0 Å². The van der Waals surface area contributed by atoms with E-state index in [1.165, 1.54) is 12.1 Å². The summed E-state index contributed by atoms with van der Waals surface area (Å²) in [6.45, 7) is 8.91. The van der Waals surface area contributed by atoms with Crippen LogP contribution in [0.15, 0.2) is 42.9 Å². The molecule has 3 aliphatic heterocycles. The molecule has 6 rings (SSSR count). The molecule has 3 saturated heterocycles. The van der Waals surface area contributed by atoms with Crippen LogP contribution in [-0.4, -0.2) is 80.5 Å². The van der Waals surface area contributed by atoms with Gasteiger partial charge < -0.3 is 20.1 Å². The van der Waals surface area contributed by atoms with Gasteiger partial charge in [-0.1, -0.05) is 6.58 Å². The van der Waals surface area contributed by atoms with E-state index in [1.807, 2.05) is 0 Å². The van der Waals surface area contributed by atoms with E-state index in [4.69, 9.17) is 15.2 Å². The van der Waals surface area contributed by atoms with Crippen LogP contribution in [0.4, 0.5) is 14.7 Å². The Labute approximate surface area is 233 Å². The molecule has 5 heterocycles. The number of hydrogen-bond donors (Lipinski definition) is 1. The quantitative estimate of drug-likeness (QED) is 0.464. The number of alkyl halides is 1. The summed E-state index contributed by atoms with van der Waals surface area (Å²) in [5.41, 5.74) is 7.17. The minimum Gasteiger partial charge on any atom is -0.461 e. The fourth-order valence-electron chi connectivity index (χ4n) is 6.16. The largest absolute Gasteiger partial charge is 0.461 e. The van der Waals surface area contributed by atoms with Gasteiger partial charge in [-0.25, -0.2) is 18.7 Å². The predicted octanol–water partition coefficient (Wildman–Crippen LogP) is 4.26. The molecule has 3 aromatic rings. The van der Waals surface area contributed by atoms with E-state index in [1.54, 1.807) is 18.5 Å². The van der Waals surface area contributed by atoms with Gasteiger partial charge in [0.2, 0.25) is 5.95 Å². The Morgan fingerprint density at radius 3 is 2.48 bits per heavy atom. The zero-order chi connectivity index (χ0) is 27.7. The average Bonchev–Trinajstić information content (AvgIpc) is 3.32. The summed E-state index contributed by atoms with van der Waals surface area (Å²) in [5, 5.41) is 0. The first kappa shape index (κ1) is 26.9. The Kier molecular flexibility index (Phi) is 7.59. The lowest BCUT2D eigenvalue weighted by Gasteiger charge is -2.44. The smallest absolute Gasteiger partial charge is 0.297 e. The van der Waals surface area contributed by atoms with Crippen molar-refractivity contribution in [1.29, 1.82) is 0 Å². The fourth-order valence-corrected chi connectivity index (χ4v) is 6.16. The van der Waals surface area contributed by atoms with Crippen molar-refractivity contribution in [2.75, 3.05) is 45.1 Å². The minimum absolute atomic E-state index is 0.0267. The first-order chi connectivity index (χ1) is 19.4. The second kappa shape index (κ2) is 11.3. The maximum atomic E-state index is 16.2. The van der Waals surface area contributed by atoms with E-state index >= 15 is 4.39 Å². The third-order valence-corrected chi connectivity index (χ3v) is 8.57. The normalized spacial score (nSPS) is 21.1. The predicted molar refractivity (Wildman–Crippen MR) is 148 cm³/mol. The van der Waals surface area contributed by atoms with Crippen LogP contribution < -0.4 is 10.5 Å². The highest BCUT2D eigenvalue weighted by atomic mass is 19.1. The zero-order valence-electron chi connectivity index (χ0n) is 22.8. The third kappa shape index (κ3) is 5.62. The molecule has 0 radical (unpaired) electrons. The third-order valence-electron chi connectivity index (χ3n) is 8.57. The van der Waals surface area contributed by atoms with Crippen LogP contribution in [0.5, 0.6) is 6.01 Å². The number of imidazole rings is 1. The number of piperidine rings is 2. The molecule has 0 aliphatic carbocycles. The van der Waals surface area contributed by atoms with Crippen molar-refractivity contribution in [3.8, 4) is 6.01 Å². The van der Waals surface area contributed by atoms with Gasteiger partial charge in [0.1, 0.15) is 11.9 Å². The van der Waals surface area contributed by atoms with Gasteiger partial charge in [-0.05, 0) is 37.8 Å². The Balaban J connectivity index is 1.09. The molecule has 0 saturated carbocycles. The lowest BCUT2D eigenvalue weighted by molar-refractivity contribution is 0.0186. The van der Waals surface area contributed by atoms with Gasteiger partial charge in [-0.3, -0.25) is 9.47 Å². The molecular weight excluding hydrogens is 516 g/mol. The number of hydrogen-bond acceptors (Lipinski definition) is 8. The van der Waals surface area contributed by atoms with E-state index in [2.05, 4.69) is 35.9 Å². The van der Waals surface area contributed by atoms with Gasteiger partial charge in [0.05, 0.1) is 24.2 Å². The van der Waals surface area contributed by atoms with Crippen LogP contribution >= 0.6 is 0 Å². The fraction of sp³-hybridized carbons (Fsp3) is 0.552. The SMILES string of the molecule is C=C(N1CCC(n2c(OC3CCOCC3)nc3cc(F)ccc32)CC1)C1(F)CCN(Cc2cnc(N)nc2)CC1. The monoisotopic (exact) mass is 553 g/mol. The number of nitrogens with two attached hydrogens (primary N) is 1. The molecule has 214 valence electrons. The number of nitrogens with zero attached hydrogens (tertiary/aromatic N) is 6. The number of rotatable bonds is 7. The Bertz CT molecular complexity index is 1330. The van der Waals surface area contributed by atoms with Crippen LogP contribution in [-0.2, 0) is 11.3 Å². The van der Waals surface area contributed by atoms with Gasteiger partial charge in [-0.2, -0.15) is 4.98 Å². The van der Waals surface area contributed by atoms with Crippen LogP contribution in [0.2, 0.25) is 0 Å². The van der Waals surface area contributed by atoms with Crippen LogP contribution in [0.3, 0.4) is 0 Å². The average molecular weight is 554 g/mol. The van der Waals surface area contributed by atoms with E-state index in [0.717, 1.165) is 36.8 Å². The van der Waals surface area contributed by atoms with E-state index in [0.29, 0.717) is 76.0 Å². The number of anilines is 1. The number of likely N-dealkylation sites (tertiary alicyclic amines) is 2. The van der Waals surface area contributed by atoms with E-state index in [9.17, 15) is 4.39 Å². The van der Waals surface area contributed by atoms with E-state index in [-0.39, 0.29) is 23.9 Å². The molecule has 0 spiro atoms. The van der Waals surface area contributed by atoms with Crippen LogP contribution in [0.1, 0.15) is 50.1 Å². The molecule has 3 aliphatic rings. The molecular formula is C29H37F2N7O2. The Morgan fingerprint density at radius 1 is 1.07 bits per heavy atom. The number of ether oxygens (including phenoxy) is 2. The van der Waals surface area contributed by atoms with Crippen LogP contribution in [0.25, 0.3) is 11.0 Å². The molecule has 0 bridgehead atoms. The molecule has 2 N–H and O–H groups in total. The summed E-state index contributed by atoms with van der Waals surface area (Å²) >= 11 is 0. The summed E-state index contributed by atoms with van der Waals surface area (Å²) in [4.78, 5) is 17.1. The molecule has 0 unspecified atom stereocenters. The first-order valence-electron chi connectivity index (χ1n) is 14.2. The van der Waals surface area contributed by atoms with Gasteiger partial charge in [-0.15, -0.1) is 0 Å². The van der Waals surface area contributed by atoms with Crippen molar-refractivity contribution in [1.82, 2.24) is 29.3 Å². The van der Waals surface area contributed by atoms with Gasteiger partial charge in [0, 0.05) is 81.3 Å². The molecule has 1 aromatic carbocycles. The summed E-state index contributed by atoms with van der Waals surface area (Å²) in [7, 11) is 0. The molecule has 0 amide bonds. The molecule has 40 heavy (non-hydrogen) atoms. The van der Waals surface area contributed by atoms with Crippen molar-refractivity contribution in [2.24, 2.45) is 0 Å². The highest BCUT2D eigenvalue weighted by Gasteiger charge is 2.40. The first-order valence-corrected chi connectivity index (χ1v) is 14.2. The van der Waals surface area contributed by atoms with E-state index < -0.39 is 5.67 Å². The molecule has 9 nitrogen and oxygen atoms in total. The van der Waals surface area contributed by atoms with Gasteiger partial charge in [0.15, 0.2) is 5.67 Å². The molecule has 11 heteroatoms. The van der Waals surface area contributed by atoms with Crippen molar-refractivity contribution in [2.45, 2.75) is 62.9 Å². The standard InChI is InChI=1S/C29H37F2N7O2/c1-20(29(31)8-12-36(13-9-29)19-21-17-33-27(32)34-18-21)37-10-4-23(5-11-37)38-26-3-2-22(30)16-25(26)35-28(38)40-24-6-14-39-15-7-24/h2-3,16-18,23-24H,1,4-15,19H2,(H2,32,33,34). The number of nitrogen functional groups attached to an aromatic ring is 1. The van der Waals surface area contributed by atoms with Crippen molar-refractivity contribution < 1.29 is 18.3 Å². The van der Waals surface area contributed by atoms with Crippen molar-refractivity contribution in [3.05, 3.63) is 54.2 Å². The second-order valence-corrected chi connectivity index (χ2v) is 11.2. The van der Waals surface area contributed by atoms with Gasteiger partial charge in [0.25, 0.3) is 6.01 Å². The molecule has 2 aromatic heterocycles. The number of allylic oxidation sites excluding steroid dienone is 1. The number of benzene rings is 1. The van der Waals surface area contributed by atoms with Crippen LogP contribution in [0, 0.1) is 5.82 Å². The topological polar surface area (TPSA) is 94.6 Å². The summed E-state index contributed by atoms with van der Waals surface area (Å²) < 4.78 is 44.1. The molecule has 0 atom stereocenters. The second-order valence-electron chi connectivity index (χ2n) is 11.2. The van der Waals surface area contributed by atoms with Crippen molar-refractivity contribution >= 4 is 17.0 Å². The highest BCUT2D eigenvalue weighted by Crippen LogP contribution is 2.39. The number of halogens is 2. The maximum absolute atomic E-state index is 16.2. The minimum atomic E-state index is -1.42. The summed E-state index contributed by atoms with van der Waals surface area (Å²) in [6.07, 6.45) is 7.49. The lowest BCUT2D eigenvalue weighted by atomic mass is 9.88. The highest BCUT2D eigenvalue weighted by molar-refractivity contribution is 5.77. The number of fused-ring (bicyclic) bond motifs is 1.